The van der Waals surface area contributed by atoms with E-state index in [4.69, 9.17) is 9.47 Å². The summed E-state index contributed by atoms with van der Waals surface area (Å²) in [5, 5.41) is 9.53. The molecule has 5 heteroatoms. The van der Waals surface area contributed by atoms with Crippen molar-refractivity contribution in [3.8, 4) is 0 Å². The van der Waals surface area contributed by atoms with Gasteiger partial charge in [0.05, 0.1) is 6.61 Å². The van der Waals surface area contributed by atoms with E-state index in [1.165, 1.54) is 25.7 Å². The van der Waals surface area contributed by atoms with E-state index in [2.05, 4.69) is 111 Å². The first-order valence-electron chi connectivity index (χ1n) is 18.8. The molecule has 0 unspecified atom stereocenters. The topological polar surface area (TPSA) is 72.8 Å². The molecular formula is C43H68O5. The Labute approximate surface area is 294 Å². The Kier molecular flexibility index (Phi) is 35.7. The lowest BCUT2D eigenvalue weighted by Gasteiger charge is -2.15. The number of allylic oxidation sites excluding steroid dienone is 16. The van der Waals surface area contributed by atoms with Gasteiger partial charge in [0.25, 0.3) is 0 Å². The number of carbonyl (C=O) groups is 2. The molecule has 0 fully saturated rings. The van der Waals surface area contributed by atoms with Crippen LogP contribution in [0.15, 0.2) is 97.2 Å². The Balaban J connectivity index is 3.75. The molecule has 0 amide bonds. The monoisotopic (exact) mass is 665 g/mol. The molecule has 0 aromatic carbocycles. The zero-order chi connectivity index (χ0) is 35.0. The summed E-state index contributed by atoms with van der Waals surface area (Å²) < 4.78 is 10.5. The first kappa shape index (κ1) is 44.8. The van der Waals surface area contributed by atoms with Crippen LogP contribution in [0, 0.1) is 0 Å². The smallest absolute Gasteiger partial charge is 0.306 e. The molecule has 1 N–H and O–H groups in total. The predicted molar refractivity (Wildman–Crippen MR) is 205 cm³/mol. The van der Waals surface area contributed by atoms with Crippen molar-refractivity contribution in [2.24, 2.45) is 0 Å². The van der Waals surface area contributed by atoms with Gasteiger partial charge in [-0.2, -0.15) is 0 Å². The van der Waals surface area contributed by atoms with Crippen LogP contribution in [0.3, 0.4) is 0 Å². The third-order valence-electron chi connectivity index (χ3n) is 7.36. The number of aliphatic hydroxyl groups is 1. The molecule has 0 aliphatic rings. The highest BCUT2D eigenvalue weighted by Gasteiger charge is 2.16. The van der Waals surface area contributed by atoms with Crippen molar-refractivity contribution >= 4 is 11.9 Å². The van der Waals surface area contributed by atoms with Gasteiger partial charge < -0.3 is 14.6 Å². The maximum atomic E-state index is 12.1. The molecule has 0 aromatic heterocycles. The third kappa shape index (κ3) is 35.7. The summed E-state index contributed by atoms with van der Waals surface area (Å²) >= 11 is 0. The molecular weight excluding hydrogens is 596 g/mol. The fraction of sp³-hybridized carbons (Fsp3) is 0.581. The van der Waals surface area contributed by atoms with Gasteiger partial charge in [0, 0.05) is 12.8 Å². The lowest BCUT2D eigenvalue weighted by molar-refractivity contribution is -0.161. The molecule has 270 valence electrons. The van der Waals surface area contributed by atoms with Gasteiger partial charge >= 0.3 is 11.9 Å². The Morgan fingerprint density at radius 2 is 0.896 bits per heavy atom. The average Bonchev–Trinajstić information content (AvgIpc) is 3.09. The van der Waals surface area contributed by atoms with Crippen molar-refractivity contribution in [2.75, 3.05) is 13.2 Å². The van der Waals surface area contributed by atoms with Crippen LogP contribution in [0.5, 0.6) is 0 Å². The quantitative estimate of drug-likeness (QED) is 0.0440. The molecule has 48 heavy (non-hydrogen) atoms. The van der Waals surface area contributed by atoms with Crippen LogP contribution in [0.1, 0.15) is 142 Å². The van der Waals surface area contributed by atoms with Crippen molar-refractivity contribution < 1.29 is 24.2 Å². The number of aliphatic hydroxyl groups excluding tert-OH is 1. The summed E-state index contributed by atoms with van der Waals surface area (Å²) in [6.45, 7) is 3.90. The molecule has 0 spiro atoms. The number of hydrogen-bond donors (Lipinski definition) is 1. The average molecular weight is 665 g/mol. The van der Waals surface area contributed by atoms with Gasteiger partial charge in [-0.3, -0.25) is 9.59 Å². The van der Waals surface area contributed by atoms with Gasteiger partial charge in [-0.1, -0.05) is 130 Å². The van der Waals surface area contributed by atoms with Crippen molar-refractivity contribution in [3.63, 3.8) is 0 Å². The molecule has 0 bridgehead atoms. The van der Waals surface area contributed by atoms with Crippen molar-refractivity contribution in [2.45, 2.75) is 148 Å². The van der Waals surface area contributed by atoms with Crippen LogP contribution < -0.4 is 0 Å². The van der Waals surface area contributed by atoms with Gasteiger partial charge in [-0.05, 0) is 96.3 Å². The van der Waals surface area contributed by atoms with E-state index in [0.717, 1.165) is 89.9 Å². The molecule has 1 atom stereocenters. The third-order valence-corrected chi connectivity index (χ3v) is 7.36. The van der Waals surface area contributed by atoms with Crippen molar-refractivity contribution in [1.29, 1.82) is 0 Å². The van der Waals surface area contributed by atoms with E-state index >= 15 is 0 Å². The number of hydrogen-bond acceptors (Lipinski definition) is 5. The van der Waals surface area contributed by atoms with Crippen LogP contribution in [-0.4, -0.2) is 36.4 Å². The molecule has 0 aromatic rings. The number of carbonyl (C=O) groups excluding carboxylic acids is 2. The Bertz CT molecular complexity index is 979. The number of ether oxygens (including phenoxy) is 2. The maximum absolute atomic E-state index is 12.1. The molecule has 0 heterocycles. The van der Waals surface area contributed by atoms with Gasteiger partial charge in [0.2, 0.25) is 0 Å². The zero-order valence-electron chi connectivity index (χ0n) is 30.5. The van der Waals surface area contributed by atoms with Crippen molar-refractivity contribution in [3.05, 3.63) is 97.2 Å². The largest absolute Gasteiger partial charge is 0.462 e. The van der Waals surface area contributed by atoms with Gasteiger partial charge in [-0.25, -0.2) is 0 Å². The lowest BCUT2D eigenvalue weighted by atomic mass is 10.1. The van der Waals surface area contributed by atoms with E-state index in [1.807, 2.05) is 0 Å². The lowest BCUT2D eigenvalue weighted by Crippen LogP contribution is -2.28. The van der Waals surface area contributed by atoms with Gasteiger partial charge in [0.15, 0.2) is 6.10 Å². The minimum Gasteiger partial charge on any atom is -0.462 e. The fourth-order valence-corrected chi connectivity index (χ4v) is 4.53. The van der Waals surface area contributed by atoms with Crippen LogP contribution >= 0.6 is 0 Å². The molecule has 0 saturated carbocycles. The number of unbranched alkanes of at least 4 members (excludes halogenated alkanes) is 8. The first-order valence-corrected chi connectivity index (χ1v) is 18.8. The molecule has 0 aliphatic heterocycles. The van der Waals surface area contributed by atoms with Crippen LogP contribution in [0.25, 0.3) is 0 Å². The van der Waals surface area contributed by atoms with E-state index in [9.17, 15) is 14.7 Å². The minimum atomic E-state index is -0.811. The summed E-state index contributed by atoms with van der Waals surface area (Å²) in [4.78, 5) is 24.2. The first-order chi connectivity index (χ1) is 23.6. The van der Waals surface area contributed by atoms with Gasteiger partial charge in [0.1, 0.15) is 6.61 Å². The van der Waals surface area contributed by atoms with Crippen LogP contribution in [0.4, 0.5) is 0 Å². The molecule has 0 aliphatic carbocycles. The molecule has 0 radical (unpaired) electrons. The van der Waals surface area contributed by atoms with Gasteiger partial charge in [-0.15, -0.1) is 0 Å². The Morgan fingerprint density at radius 3 is 1.35 bits per heavy atom. The zero-order valence-corrected chi connectivity index (χ0v) is 30.5. The van der Waals surface area contributed by atoms with E-state index < -0.39 is 6.10 Å². The predicted octanol–water partition coefficient (Wildman–Crippen LogP) is 11.7. The second-order valence-corrected chi connectivity index (χ2v) is 11.9. The Hall–Kier alpha value is -3.18. The summed E-state index contributed by atoms with van der Waals surface area (Å²) in [6, 6.07) is 0. The fourth-order valence-electron chi connectivity index (χ4n) is 4.53. The maximum Gasteiger partial charge on any atom is 0.306 e. The van der Waals surface area contributed by atoms with Crippen LogP contribution in [-0.2, 0) is 19.1 Å². The van der Waals surface area contributed by atoms with E-state index in [-0.39, 0.29) is 25.2 Å². The number of esters is 2. The van der Waals surface area contributed by atoms with Crippen LogP contribution in [0.2, 0.25) is 0 Å². The molecule has 0 saturated heterocycles. The summed E-state index contributed by atoms with van der Waals surface area (Å²) in [5.41, 5.74) is 0. The summed E-state index contributed by atoms with van der Waals surface area (Å²) in [6.07, 6.45) is 53.2. The second kappa shape index (κ2) is 38.3. The Morgan fingerprint density at radius 1 is 0.500 bits per heavy atom. The SMILES string of the molecule is CC/C=C/C/C=C/C/C=C/C/C=C/CCCCC(=O)OC[C@H](CO)OC(=O)CCCCC/C=C/C/C=C/C/C=C/C/C=C/CCCCC. The van der Waals surface area contributed by atoms with E-state index in [0.29, 0.717) is 12.8 Å². The standard InChI is InChI=1S/C43H68O5/c1-3-5-7-9-11-13-15-17-19-20-21-22-24-26-28-30-32-34-36-38-43(46)48-41(39-44)40-47-42(45)37-35-33-31-29-27-25-23-18-16-14-12-10-8-6-4-2/h6,8,11-14,17-19,21-23,26-29,41,44H,3-5,7,9-10,15-16,20,24-25,30-40H2,1-2H3/b8-6+,13-11+,14-12+,19-17+,22-21+,23-18+,28-26+,29-27+/t41-/m0/s1. The van der Waals surface area contributed by atoms with E-state index in [1.54, 1.807) is 0 Å². The highest BCUT2D eigenvalue weighted by atomic mass is 16.6. The summed E-state index contributed by atoms with van der Waals surface area (Å²) in [5.74, 6) is -0.688. The summed E-state index contributed by atoms with van der Waals surface area (Å²) in [7, 11) is 0. The van der Waals surface area contributed by atoms with Crippen molar-refractivity contribution in [1.82, 2.24) is 0 Å². The molecule has 0 rings (SSSR count). The second-order valence-electron chi connectivity index (χ2n) is 11.9. The highest BCUT2D eigenvalue weighted by Crippen LogP contribution is 2.08. The number of rotatable bonds is 32. The molecule has 5 nitrogen and oxygen atoms in total. The minimum absolute atomic E-state index is 0.107. The normalized spacial score (nSPS) is 13.3. The highest BCUT2D eigenvalue weighted by molar-refractivity contribution is 5.70.